The third-order valence-electron chi connectivity index (χ3n) is 4.57. The van der Waals surface area contributed by atoms with Crippen LogP contribution in [-0.4, -0.2) is 12.6 Å². The second kappa shape index (κ2) is 16.0. The summed E-state index contributed by atoms with van der Waals surface area (Å²) in [5.74, 6) is 0.00495. The van der Waals surface area contributed by atoms with Crippen molar-refractivity contribution in [1.82, 2.24) is 0 Å². The van der Waals surface area contributed by atoms with Crippen molar-refractivity contribution in [1.29, 1.82) is 0 Å². The molecule has 0 fully saturated rings. The first-order chi connectivity index (χ1) is 11.5. The number of carbonyl (C=O) groups excluding carboxylic acids is 1. The second-order valence-corrected chi connectivity index (χ2v) is 8.52. The molecule has 0 amide bonds. The van der Waals surface area contributed by atoms with Crippen molar-refractivity contribution in [3.8, 4) is 0 Å². The maximum atomic E-state index is 11.6. The summed E-state index contributed by atoms with van der Waals surface area (Å²) in [5.41, 5.74) is 0.493. The molecule has 0 spiro atoms. The van der Waals surface area contributed by atoms with E-state index < -0.39 is 0 Å². The molecule has 2 heteroatoms. The smallest absolute Gasteiger partial charge is 0.305 e. The summed E-state index contributed by atoms with van der Waals surface area (Å²) in [5, 5.41) is 0. The second-order valence-electron chi connectivity index (χ2n) is 8.52. The van der Waals surface area contributed by atoms with Crippen molar-refractivity contribution in [3.63, 3.8) is 0 Å². The molecule has 0 aromatic carbocycles. The fraction of sp³-hybridized carbons (Fsp3) is 0.955. The lowest BCUT2D eigenvalue weighted by molar-refractivity contribution is -0.143. The van der Waals surface area contributed by atoms with Crippen molar-refractivity contribution in [2.75, 3.05) is 6.61 Å². The Balaban J connectivity index is 3.18. The summed E-state index contributed by atoms with van der Waals surface area (Å²) < 4.78 is 5.30. The maximum Gasteiger partial charge on any atom is 0.305 e. The molecule has 0 atom stereocenters. The zero-order valence-electron chi connectivity index (χ0n) is 17.1. The van der Waals surface area contributed by atoms with E-state index >= 15 is 0 Å². The number of esters is 1. The maximum absolute atomic E-state index is 11.6. The molecule has 0 radical (unpaired) electrons. The quantitative estimate of drug-likeness (QED) is 0.215. The molecule has 0 aliphatic rings. The molecule has 0 N–H and O–H groups in total. The van der Waals surface area contributed by atoms with Crippen LogP contribution >= 0.6 is 0 Å². The molecule has 0 unspecified atom stereocenters. The van der Waals surface area contributed by atoms with Crippen LogP contribution in [0, 0.1) is 5.41 Å². The van der Waals surface area contributed by atoms with Gasteiger partial charge >= 0.3 is 5.97 Å². The minimum atomic E-state index is 0.00495. The van der Waals surface area contributed by atoms with Crippen molar-refractivity contribution in [2.45, 2.75) is 124 Å². The molecule has 0 heterocycles. The lowest BCUT2D eigenvalue weighted by Gasteiger charge is -2.17. The van der Waals surface area contributed by atoms with Gasteiger partial charge in [0.1, 0.15) is 0 Å². The Morgan fingerprint density at radius 1 is 0.708 bits per heavy atom. The van der Waals surface area contributed by atoms with Gasteiger partial charge in [-0.2, -0.15) is 0 Å². The average molecular weight is 341 g/mol. The van der Waals surface area contributed by atoms with Gasteiger partial charge in [-0.15, -0.1) is 0 Å². The van der Waals surface area contributed by atoms with Gasteiger partial charge in [0.05, 0.1) is 6.61 Å². The van der Waals surface area contributed by atoms with Crippen LogP contribution in [0.2, 0.25) is 0 Å². The fourth-order valence-corrected chi connectivity index (χ4v) is 2.95. The third-order valence-corrected chi connectivity index (χ3v) is 4.57. The van der Waals surface area contributed by atoms with E-state index in [1.54, 1.807) is 0 Å². The van der Waals surface area contributed by atoms with E-state index in [4.69, 9.17) is 4.74 Å². The van der Waals surface area contributed by atoms with Gasteiger partial charge < -0.3 is 4.74 Å². The zero-order chi connectivity index (χ0) is 18.1. The van der Waals surface area contributed by atoms with Crippen LogP contribution in [-0.2, 0) is 9.53 Å². The molecule has 0 saturated heterocycles. The zero-order valence-corrected chi connectivity index (χ0v) is 17.1. The number of unbranched alkanes of at least 4 members (excludes halogenated alkanes) is 11. The van der Waals surface area contributed by atoms with Crippen molar-refractivity contribution in [3.05, 3.63) is 0 Å². The highest BCUT2D eigenvalue weighted by molar-refractivity contribution is 5.69. The van der Waals surface area contributed by atoms with Crippen molar-refractivity contribution < 1.29 is 9.53 Å². The summed E-state index contributed by atoms with van der Waals surface area (Å²) >= 11 is 0. The van der Waals surface area contributed by atoms with Crippen molar-refractivity contribution in [2.24, 2.45) is 5.41 Å². The summed E-state index contributed by atoms with van der Waals surface area (Å²) in [6, 6.07) is 0. The van der Waals surface area contributed by atoms with E-state index in [1.807, 2.05) is 0 Å². The number of carbonyl (C=O) groups is 1. The van der Waals surface area contributed by atoms with Crippen LogP contribution < -0.4 is 0 Å². The third kappa shape index (κ3) is 19.5. The van der Waals surface area contributed by atoms with E-state index in [9.17, 15) is 4.79 Å². The standard InChI is InChI=1S/C22H44O2/c1-5-6-7-12-15-18-21(23)24-20-17-14-11-9-8-10-13-16-19-22(2,3)4/h5-20H2,1-4H3. The van der Waals surface area contributed by atoms with Gasteiger partial charge in [-0.1, -0.05) is 98.3 Å². The van der Waals surface area contributed by atoms with Crippen LogP contribution in [0.5, 0.6) is 0 Å². The van der Waals surface area contributed by atoms with Gasteiger partial charge in [0.15, 0.2) is 0 Å². The molecule has 144 valence electrons. The molecule has 0 bridgehead atoms. The molecule has 2 nitrogen and oxygen atoms in total. The number of hydrogen-bond donors (Lipinski definition) is 0. The number of ether oxygens (including phenoxy) is 1. The SMILES string of the molecule is CCCCCCCC(=O)OCCCCCCCCCCC(C)(C)C. The minimum Gasteiger partial charge on any atom is -0.466 e. The van der Waals surface area contributed by atoms with E-state index in [2.05, 4.69) is 27.7 Å². The molecular formula is C22H44O2. The van der Waals surface area contributed by atoms with Crippen LogP contribution in [0.1, 0.15) is 124 Å². The van der Waals surface area contributed by atoms with E-state index in [0.29, 0.717) is 18.4 Å². The van der Waals surface area contributed by atoms with Crippen LogP contribution in [0.3, 0.4) is 0 Å². The first-order valence-corrected chi connectivity index (χ1v) is 10.6. The number of rotatable bonds is 16. The monoisotopic (exact) mass is 340 g/mol. The normalized spacial score (nSPS) is 11.7. The summed E-state index contributed by atoms with van der Waals surface area (Å²) in [4.78, 5) is 11.6. The van der Waals surface area contributed by atoms with Crippen LogP contribution in [0.15, 0.2) is 0 Å². The summed E-state index contributed by atoms with van der Waals surface area (Å²) in [6.45, 7) is 9.81. The van der Waals surface area contributed by atoms with E-state index in [0.717, 1.165) is 12.8 Å². The first kappa shape index (κ1) is 23.5. The van der Waals surface area contributed by atoms with Gasteiger partial charge in [-0.25, -0.2) is 0 Å². The fourth-order valence-electron chi connectivity index (χ4n) is 2.95. The molecule has 24 heavy (non-hydrogen) atoms. The summed E-state index contributed by atoms with van der Waals surface area (Å²) in [7, 11) is 0. The predicted octanol–water partition coefficient (Wildman–Crippen LogP) is 7.45. The Kier molecular flexibility index (Phi) is 15.6. The van der Waals surface area contributed by atoms with E-state index in [1.165, 1.54) is 77.0 Å². The lowest BCUT2D eigenvalue weighted by Crippen LogP contribution is -2.05. The largest absolute Gasteiger partial charge is 0.466 e. The highest BCUT2D eigenvalue weighted by Crippen LogP contribution is 2.22. The van der Waals surface area contributed by atoms with Gasteiger partial charge in [0.25, 0.3) is 0 Å². The van der Waals surface area contributed by atoms with E-state index in [-0.39, 0.29) is 5.97 Å². The Hall–Kier alpha value is -0.530. The topological polar surface area (TPSA) is 26.3 Å². The Morgan fingerprint density at radius 3 is 1.79 bits per heavy atom. The molecule has 0 aromatic heterocycles. The predicted molar refractivity (Wildman–Crippen MR) is 105 cm³/mol. The highest BCUT2D eigenvalue weighted by Gasteiger charge is 2.08. The van der Waals surface area contributed by atoms with Gasteiger partial charge in [-0.05, 0) is 24.7 Å². The highest BCUT2D eigenvalue weighted by atomic mass is 16.5. The van der Waals surface area contributed by atoms with Crippen molar-refractivity contribution >= 4 is 5.97 Å². The van der Waals surface area contributed by atoms with Gasteiger partial charge in [-0.3, -0.25) is 4.79 Å². The molecule has 0 saturated carbocycles. The molecule has 0 rings (SSSR count). The van der Waals surface area contributed by atoms with Gasteiger partial charge in [0, 0.05) is 6.42 Å². The molecule has 0 aromatic rings. The lowest BCUT2D eigenvalue weighted by atomic mass is 9.89. The van der Waals surface area contributed by atoms with Crippen LogP contribution in [0.25, 0.3) is 0 Å². The molecule has 0 aliphatic carbocycles. The number of hydrogen-bond acceptors (Lipinski definition) is 2. The molecular weight excluding hydrogens is 296 g/mol. The Labute approximate surface area is 152 Å². The molecule has 0 aliphatic heterocycles. The Bertz CT molecular complexity index is 278. The first-order valence-electron chi connectivity index (χ1n) is 10.6. The average Bonchev–Trinajstić information content (AvgIpc) is 2.51. The Morgan fingerprint density at radius 2 is 1.21 bits per heavy atom. The minimum absolute atomic E-state index is 0.00495. The summed E-state index contributed by atoms with van der Waals surface area (Å²) in [6.07, 6.45) is 18.2. The van der Waals surface area contributed by atoms with Gasteiger partial charge in [0.2, 0.25) is 0 Å². The van der Waals surface area contributed by atoms with Crippen LogP contribution in [0.4, 0.5) is 0 Å².